The van der Waals surface area contributed by atoms with Crippen LogP contribution in [0.5, 0.6) is 0 Å². The van der Waals surface area contributed by atoms with E-state index in [1.54, 1.807) is 18.2 Å². The molecule has 1 aliphatic carbocycles. The lowest BCUT2D eigenvalue weighted by Gasteiger charge is -2.25. The second kappa shape index (κ2) is 6.50. The van der Waals surface area contributed by atoms with Gasteiger partial charge in [0.15, 0.2) is 0 Å². The third kappa shape index (κ3) is 4.03. The maximum atomic E-state index is 12.2. The molecule has 0 saturated heterocycles. The molecule has 0 unspecified atom stereocenters. The zero-order valence-electron chi connectivity index (χ0n) is 11.4. The molecule has 1 aromatic carbocycles. The minimum atomic E-state index is -3.36. The van der Waals surface area contributed by atoms with Gasteiger partial charge in [0.1, 0.15) is 0 Å². The van der Waals surface area contributed by atoms with E-state index in [1.807, 2.05) is 13.0 Å². The molecule has 0 heterocycles. The number of hydrogen-bond donors (Lipinski definition) is 2. The summed E-state index contributed by atoms with van der Waals surface area (Å²) in [5.41, 5.74) is 0.994. The molecule has 19 heavy (non-hydrogen) atoms. The van der Waals surface area contributed by atoms with Crippen LogP contribution in [-0.2, 0) is 16.6 Å². The highest BCUT2D eigenvalue weighted by molar-refractivity contribution is 7.89. The molecule has 0 atom stereocenters. The molecule has 0 aromatic heterocycles. The number of hydrogen-bond acceptors (Lipinski definition) is 3. The lowest BCUT2D eigenvalue weighted by molar-refractivity contribution is 0.316. The van der Waals surface area contributed by atoms with E-state index in [0.29, 0.717) is 23.9 Å². The van der Waals surface area contributed by atoms with Gasteiger partial charge in [0.25, 0.3) is 0 Å². The highest BCUT2D eigenvalue weighted by atomic mass is 32.2. The van der Waals surface area contributed by atoms with E-state index in [1.165, 1.54) is 6.42 Å². The smallest absolute Gasteiger partial charge is 0.240 e. The summed E-state index contributed by atoms with van der Waals surface area (Å²) < 4.78 is 27.1. The first-order valence-electron chi connectivity index (χ1n) is 6.91. The molecule has 1 aliphatic rings. The van der Waals surface area contributed by atoms with E-state index in [4.69, 9.17) is 0 Å². The quantitative estimate of drug-likeness (QED) is 0.803. The zero-order chi connectivity index (χ0) is 13.7. The third-order valence-electron chi connectivity index (χ3n) is 3.57. The summed E-state index contributed by atoms with van der Waals surface area (Å²) in [6, 6.07) is 7.13. The van der Waals surface area contributed by atoms with Crippen molar-refractivity contribution in [3.05, 3.63) is 29.8 Å². The van der Waals surface area contributed by atoms with Gasteiger partial charge in [0.05, 0.1) is 4.90 Å². The molecule has 0 bridgehead atoms. The second-order valence-electron chi connectivity index (χ2n) is 5.08. The predicted molar refractivity (Wildman–Crippen MR) is 76.4 cm³/mol. The molecular formula is C14H22N2O2S. The molecule has 0 spiro atoms. The van der Waals surface area contributed by atoms with Gasteiger partial charge < -0.3 is 5.32 Å². The molecule has 106 valence electrons. The van der Waals surface area contributed by atoms with Crippen molar-refractivity contribution in [3.8, 4) is 0 Å². The number of rotatable bonds is 7. The fraction of sp³-hybridized carbons (Fsp3) is 0.571. The summed E-state index contributed by atoms with van der Waals surface area (Å²) in [5.74, 6) is 0.528. The van der Waals surface area contributed by atoms with Crippen LogP contribution in [0.4, 0.5) is 0 Å². The fourth-order valence-electron chi connectivity index (χ4n) is 2.10. The first kappa shape index (κ1) is 14.5. The van der Waals surface area contributed by atoms with E-state index in [9.17, 15) is 8.42 Å². The van der Waals surface area contributed by atoms with Crippen molar-refractivity contribution in [2.45, 2.75) is 37.6 Å². The van der Waals surface area contributed by atoms with Crippen LogP contribution in [0.15, 0.2) is 29.2 Å². The van der Waals surface area contributed by atoms with Crippen LogP contribution in [0.3, 0.4) is 0 Å². The number of nitrogens with one attached hydrogen (secondary N) is 2. The first-order chi connectivity index (χ1) is 9.12. The topological polar surface area (TPSA) is 58.2 Å². The normalized spacial score (nSPS) is 16.3. The summed E-state index contributed by atoms with van der Waals surface area (Å²) in [7, 11) is -3.36. The van der Waals surface area contributed by atoms with Crippen molar-refractivity contribution in [2.24, 2.45) is 5.92 Å². The Balaban J connectivity index is 2.01. The van der Waals surface area contributed by atoms with Gasteiger partial charge in [-0.2, -0.15) is 0 Å². The largest absolute Gasteiger partial charge is 0.313 e. The van der Waals surface area contributed by atoms with Gasteiger partial charge >= 0.3 is 0 Å². The van der Waals surface area contributed by atoms with Crippen molar-refractivity contribution >= 4 is 10.0 Å². The van der Waals surface area contributed by atoms with E-state index in [-0.39, 0.29) is 0 Å². The Kier molecular flexibility index (Phi) is 4.96. The van der Waals surface area contributed by atoms with E-state index < -0.39 is 10.0 Å². The Hall–Kier alpha value is -0.910. The molecule has 5 heteroatoms. The van der Waals surface area contributed by atoms with E-state index in [2.05, 4.69) is 10.0 Å². The van der Waals surface area contributed by atoms with Crippen LogP contribution >= 0.6 is 0 Å². The lowest BCUT2D eigenvalue weighted by Crippen LogP contribution is -2.32. The van der Waals surface area contributed by atoms with Gasteiger partial charge in [0, 0.05) is 13.1 Å². The van der Waals surface area contributed by atoms with Crippen molar-refractivity contribution in [2.75, 3.05) is 13.1 Å². The van der Waals surface area contributed by atoms with Gasteiger partial charge in [-0.25, -0.2) is 13.1 Å². The molecule has 1 saturated carbocycles. The molecule has 0 amide bonds. The van der Waals surface area contributed by atoms with Crippen molar-refractivity contribution in [1.82, 2.24) is 10.0 Å². The maximum Gasteiger partial charge on any atom is 0.240 e. The minimum absolute atomic E-state index is 0.363. The van der Waals surface area contributed by atoms with E-state index in [0.717, 1.165) is 24.9 Å². The lowest BCUT2D eigenvalue weighted by atomic mass is 9.86. The highest BCUT2D eigenvalue weighted by Crippen LogP contribution is 2.25. The SMILES string of the molecule is CCNCc1cccc(S(=O)(=O)NCC2CCC2)c1. The summed E-state index contributed by atoms with van der Waals surface area (Å²) in [4.78, 5) is 0.363. The molecule has 2 N–H and O–H groups in total. The molecule has 4 nitrogen and oxygen atoms in total. The Morgan fingerprint density at radius 1 is 1.32 bits per heavy atom. The van der Waals surface area contributed by atoms with Crippen LogP contribution in [-0.4, -0.2) is 21.5 Å². The van der Waals surface area contributed by atoms with Crippen LogP contribution < -0.4 is 10.0 Å². The van der Waals surface area contributed by atoms with Gasteiger partial charge in [-0.05, 0) is 43.0 Å². The summed E-state index contributed by atoms with van der Waals surface area (Å²) >= 11 is 0. The molecule has 0 radical (unpaired) electrons. The van der Waals surface area contributed by atoms with Gasteiger partial charge in [-0.1, -0.05) is 25.5 Å². The fourth-order valence-corrected chi connectivity index (χ4v) is 3.29. The summed E-state index contributed by atoms with van der Waals surface area (Å²) in [5, 5.41) is 3.20. The predicted octanol–water partition coefficient (Wildman–Crippen LogP) is 1.87. The first-order valence-corrected chi connectivity index (χ1v) is 8.39. The average Bonchev–Trinajstić information content (AvgIpc) is 2.35. The third-order valence-corrected chi connectivity index (χ3v) is 5.00. The Morgan fingerprint density at radius 3 is 2.74 bits per heavy atom. The average molecular weight is 282 g/mol. The Morgan fingerprint density at radius 2 is 2.11 bits per heavy atom. The van der Waals surface area contributed by atoms with Crippen LogP contribution in [0.2, 0.25) is 0 Å². The van der Waals surface area contributed by atoms with Crippen molar-refractivity contribution in [3.63, 3.8) is 0 Å². The zero-order valence-corrected chi connectivity index (χ0v) is 12.2. The van der Waals surface area contributed by atoms with E-state index >= 15 is 0 Å². The van der Waals surface area contributed by atoms with Crippen LogP contribution in [0, 0.1) is 5.92 Å². The molecule has 1 aromatic rings. The van der Waals surface area contributed by atoms with Gasteiger partial charge in [0.2, 0.25) is 10.0 Å². The summed E-state index contributed by atoms with van der Waals surface area (Å²) in [6.07, 6.45) is 3.51. The minimum Gasteiger partial charge on any atom is -0.313 e. The second-order valence-corrected chi connectivity index (χ2v) is 6.84. The van der Waals surface area contributed by atoms with Crippen molar-refractivity contribution in [1.29, 1.82) is 0 Å². The van der Waals surface area contributed by atoms with Crippen molar-refractivity contribution < 1.29 is 8.42 Å². The standard InChI is InChI=1S/C14H22N2O2S/c1-2-15-10-13-7-4-8-14(9-13)19(17,18)16-11-12-5-3-6-12/h4,7-9,12,15-16H,2-3,5-6,10-11H2,1H3. The van der Waals surface area contributed by atoms with Crippen LogP contribution in [0.25, 0.3) is 0 Å². The number of benzene rings is 1. The summed E-state index contributed by atoms with van der Waals surface area (Å²) in [6.45, 7) is 4.17. The monoisotopic (exact) mass is 282 g/mol. The molecule has 2 rings (SSSR count). The highest BCUT2D eigenvalue weighted by Gasteiger charge is 2.21. The Bertz CT molecular complexity index is 510. The van der Waals surface area contributed by atoms with Crippen LogP contribution in [0.1, 0.15) is 31.7 Å². The van der Waals surface area contributed by atoms with Gasteiger partial charge in [-0.15, -0.1) is 0 Å². The molecular weight excluding hydrogens is 260 g/mol. The molecule has 0 aliphatic heterocycles. The maximum absolute atomic E-state index is 12.2. The number of sulfonamides is 1. The van der Waals surface area contributed by atoms with Gasteiger partial charge in [-0.3, -0.25) is 0 Å². The Labute approximate surface area is 115 Å². The molecule has 1 fully saturated rings.